The Hall–Kier alpha value is -1.59. The van der Waals surface area contributed by atoms with Crippen molar-refractivity contribution in [1.29, 1.82) is 0 Å². The van der Waals surface area contributed by atoms with Crippen LogP contribution in [0.25, 0.3) is 0 Å². The lowest BCUT2D eigenvalue weighted by Gasteiger charge is -2.18. The number of hydrogen-bond donors (Lipinski definition) is 0. The molecule has 0 N–H and O–H groups in total. The Labute approximate surface area is 342 Å². The highest BCUT2D eigenvalue weighted by molar-refractivity contribution is 5.71. The van der Waals surface area contributed by atoms with E-state index in [4.69, 9.17) is 14.2 Å². The Kier molecular flexibility index (Phi) is 42.3. The number of carbonyl (C=O) groups is 3. The maximum absolute atomic E-state index is 12.6. The molecule has 0 aliphatic rings. The normalized spacial score (nSPS) is 12.4. The Morgan fingerprint density at radius 1 is 0.364 bits per heavy atom. The van der Waals surface area contributed by atoms with Gasteiger partial charge in [0.2, 0.25) is 0 Å². The van der Waals surface area contributed by atoms with E-state index < -0.39 is 6.10 Å². The van der Waals surface area contributed by atoms with Crippen molar-refractivity contribution in [2.45, 2.75) is 278 Å². The van der Waals surface area contributed by atoms with Crippen molar-refractivity contribution >= 4 is 17.9 Å². The molecule has 0 saturated carbocycles. The summed E-state index contributed by atoms with van der Waals surface area (Å²) < 4.78 is 16.7. The van der Waals surface area contributed by atoms with E-state index in [-0.39, 0.29) is 31.1 Å². The van der Waals surface area contributed by atoms with Crippen LogP contribution < -0.4 is 0 Å². The quantitative estimate of drug-likeness (QED) is 0.0348. The largest absolute Gasteiger partial charge is 0.462 e. The summed E-state index contributed by atoms with van der Waals surface area (Å²) in [6.45, 7) is 9.01. The standard InChI is InChI=1S/C49H94O6/c1-5-8-10-12-14-15-16-22-25-29-32-36-40-47(50)53-43-46(55-49(52)42-38-34-27-13-11-9-6-2)44-54-48(51)41-37-33-30-26-23-20-18-17-19-21-24-28-31-35-39-45(4)7-3/h45-46H,5-44H2,1-4H3/t45?,46-/m1/s1. The first kappa shape index (κ1) is 53.4. The average molecular weight is 779 g/mol. The molecular formula is C49H94O6. The van der Waals surface area contributed by atoms with Gasteiger partial charge in [0.25, 0.3) is 0 Å². The predicted molar refractivity (Wildman–Crippen MR) is 233 cm³/mol. The molecule has 2 atom stereocenters. The van der Waals surface area contributed by atoms with Gasteiger partial charge < -0.3 is 14.2 Å². The predicted octanol–water partition coefficient (Wildman–Crippen LogP) is 15.5. The third-order valence-corrected chi connectivity index (χ3v) is 11.4. The summed E-state index contributed by atoms with van der Waals surface area (Å²) in [7, 11) is 0. The molecule has 0 aliphatic heterocycles. The summed E-state index contributed by atoms with van der Waals surface area (Å²) in [4.78, 5) is 37.7. The van der Waals surface area contributed by atoms with Crippen molar-refractivity contribution in [1.82, 2.24) is 0 Å². The summed E-state index contributed by atoms with van der Waals surface area (Å²) in [5.74, 6) is 0.0397. The van der Waals surface area contributed by atoms with E-state index in [1.807, 2.05) is 0 Å². The molecule has 0 heterocycles. The van der Waals surface area contributed by atoms with Gasteiger partial charge in [-0.25, -0.2) is 0 Å². The van der Waals surface area contributed by atoms with E-state index in [2.05, 4.69) is 27.7 Å². The molecule has 55 heavy (non-hydrogen) atoms. The van der Waals surface area contributed by atoms with Crippen molar-refractivity contribution in [2.24, 2.45) is 5.92 Å². The second-order valence-electron chi connectivity index (χ2n) is 17.0. The maximum Gasteiger partial charge on any atom is 0.306 e. The van der Waals surface area contributed by atoms with Crippen LogP contribution >= 0.6 is 0 Å². The van der Waals surface area contributed by atoms with Crippen molar-refractivity contribution < 1.29 is 28.6 Å². The molecule has 326 valence electrons. The van der Waals surface area contributed by atoms with E-state index in [9.17, 15) is 14.4 Å². The first-order valence-electron chi connectivity index (χ1n) is 24.4. The molecule has 1 unspecified atom stereocenters. The Bertz CT molecular complexity index is 828. The first-order valence-corrected chi connectivity index (χ1v) is 24.4. The third-order valence-electron chi connectivity index (χ3n) is 11.4. The number of rotatable bonds is 44. The van der Waals surface area contributed by atoms with Crippen LogP contribution in [0.4, 0.5) is 0 Å². The molecule has 6 nitrogen and oxygen atoms in total. The highest BCUT2D eigenvalue weighted by Crippen LogP contribution is 2.17. The highest BCUT2D eigenvalue weighted by Gasteiger charge is 2.19. The van der Waals surface area contributed by atoms with Gasteiger partial charge in [0.05, 0.1) is 0 Å². The summed E-state index contributed by atoms with van der Waals surface area (Å²) in [6.07, 6.45) is 43.8. The van der Waals surface area contributed by atoms with Gasteiger partial charge in [0.1, 0.15) is 13.2 Å². The number of esters is 3. The number of unbranched alkanes of at least 4 members (excludes halogenated alkanes) is 30. The second-order valence-corrected chi connectivity index (χ2v) is 17.0. The molecule has 0 aromatic heterocycles. The van der Waals surface area contributed by atoms with Crippen LogP contribution in [0.3, 0.4) is 0 Å². The molecule has 0 bridgehead atoms. The van der Waals surface area contributed by atoms with E-state index >= 15 is 0 Å². The smallest absolute Gasteiger partial charge is 0.306 e. The van der Waals surface area contributed by atoms with Crippen LogP contribution in [0.2, 0.25) is 0 Å². The number of hydrogen-bond acceptors (Lipinski definition) is 6. The van der Waals surface area contributed by atoms with Gasteiger partial charge in [0.15, 0.2) is 6.10 Å². The number of carbonyl (C=O) groups excluding carboxylic acids is 3. The number of ether oxygens (including phenoxy) is 3. The van der Waals surface area contributed by atoms with Crippen LogP contribution in [-0.4, -0.2) is 37.2 Å². The van der Waals surface area contributed by atoms with E-state index in [1.54, 1.807) is 0 Å². The summed E-state index contributed by atoms with van der Waals surface area (Å²) in [5, 5.41) is 0. The van der Waals surface area contributed by atoms with E-state index in [1.165, 1.54) is 167 Å². The fourth-order valence-electron chi connectivity index (χ4n) is 7.30. The van der Waals surface area contributed by atoms with Crippen LogP contribution in [0, 0.1) is 5.92 Å². The Balaban J connectivity index is 4.17. The Morgan fingerprint density at radius 2 is 0.636 bits per heavy atom. The van der Waals surface area contributed by atoms with Gasteiger partial charge in [0, 0.05) is 19.3 Å². The average Bonchev–Trinajstić information content (AvgIpc) is 3.18. The molecule has 0 aliphatic carbocycles. The molecule has 0 rings (SSSR count). The second kappa shape index (κ2) is 43.5. The fourth-order valence-corrected chi connectivity index (χ4v) is 7.30. The summed E-state index contributed by atoms with van der Waals surface area (Å²) in [6, 6.07) is 0. The zero-order valence-electron chi connectivity index (χ0n) is 37.4. The van der Waals surface area contributed by atoms with E-state index in [0.29, 0.717) is 19.3 Å². The molecule has 0 radical (unpaired) electrons. The lowest BCUT2D eigenvalue weighted by atomic mass is 9.99. The summed E-state index contributed by atoms with van der Waals surface area (Å²) in [5.41, 5.74) is 0. The third kappa shape index (κ3) is 41.9. The Morgan fingerprint density at radius 3 is 0.945 bits per heavy atom. The molecule has 6 heteroatoms. The van der Waals surface area contributed by atoms with Crippen LogP contribution in [0.15, 0.2) is 0 Å². The van der Waals surface area contributed by atoms with Gasteiger partial charge in [-0.3, -0.25) is 14.4 Å². The van der Waals surface area contributed by atoms with Crippen molar-refractivity contribution in [3.05, 3.63) is 0 Å². The van der Waals surface area contributed by atoms with Gasteiger partial charge in [-0.15, -0.1) is 0 Å². The van der Waals surface area contributed by atoms with E-state index in [0.717, 1.165) is 63.7 Å². The summed E-state index contributed by atoms with van der Waals surface area (Å²) >= 11 is 0. The minimum absolute atomic E-state index is 0.0638. The SMILES string of the molecule is CCCCCCCCCCCCCCC(=O)OC[C@H](COC(=O)CCCCCCCCCCCCCCCCC(C)CC)OC(=O)CCCCCCCCC. The monoisotopic (exact) mass is 779 g/mol. The van der Waals surface area contributed by atoms with Crippen molar-refractivity contribution in [2.75, 3.05) is 13.2 Å². The zero-order valence-corrected chi connectivity index (χ0v) is 37.4. The molecular weight excluding hydrogens is 685 g/mol. The van der Waals surface area contributed by atoms with Crippen molar-refractivity contribution in [3.8, 4) is 0 Å². The maximum atomic E-state index is 12.6. The topological polar surface area (TPSA) is 78.9 Å². The van der Waals surface area contributed by atoms with Gasteiger partial charge >= 0.3 is 17.9 Å². The van der Waals surface area contributed by atoms with Gasteiger partial charge in [-0.05, 0) is 25.2 Å². The molecule has 0 amide bonds. The van der Waals surface area contributed by atoms with Crippen LogP contribution in [0.1, 0.15) is 272 Å². The lowest BCUT2D eigenvalue weighted by Crippen LogP contribution is -2.30. The molecule has 0 saturated heterocycles. The molecule has 0 spiro atoms. The van der Waals surface area contributed by atoms with Crippen LogP contribution in [0.5, 0.6) is 0 Å². The highest BCUT2D eigenvalue weighted by atomic mass is 16.6. The van der Waals surface area contributed by atoms with Gasteiger partial charge in [-0.2, -0.15) is 0 Å². The molecule has 0 aromatic rings. The molecule has 0 aromatic carbocycles. The minimum atomic E-state index is -0.758. The van der Waals surface area contributed by atoms with Crippen molar-refractivity contribution in [3.63, 3.8) is 0 Å². The fraction of sp³-hybridized carbons (Fsp3) is 0.939. The minimum Gasteiger partial charge on any atom is -0.462 e. The zero-order chi connectivity index (χ0) is 40.3. The lowest BCUT2D eigenvalue weighted by molar-refractivity contribution is -0.167. The van der Waals surface area contributed by atoms with Crippen LogP contribution in [-0.2, 0) is 28.6 Å². The first-order chi connectivity index (χ1) is 26.9. The molecule has 0 fully saturated rings. The van der Waals surface area contributed by atoms with Gasteiger partial charge in [-0.1, -0.05) is 233 Å².